The van der Waals surface area contributed by atoms with E-state index in [0.29, 0.717) is 11.7 Å². The zero-order chi connectivity index (χ0) is 11.5. The molecule has 4 nitrogen and oxygen atoms in total. The van der Waals surface area contributed by atoms with Crippen molar-refractivity contribution in [1.82, 2.24) is 9.97 Å². The van der Waals surface area contributed by atoms with Gasteiger partial charge in [-0.05, 0) is 25.5 Å². The number of nitrogens with two attached hydrogens (primary N) is 1. The van der Waals surface area contributed by atoms with Crippen LogP contribution in [0, 0.1) is 13.8 Å². The lowest BCUT2D eigenvalue weighted by Gasteiger charge is -2.08. The summed E-state index contributed by atoms with van der Waals surface area (Å²) >= 11 is 0. The van der Waals surface area contributed by atoms with Crippen LogP contribution in [-0.4, -0.2) is 9.97 Å². The molecule has 0 saturated heterocycles. The molecule has 0 atom stereocenters. The molecular weight excluding hydrogens is 202 g/mol. The van der Waals surface area contributed by atoms with E-state index >= 15 is 0 Å². The highest BCUT2D eigenvalue weighted by Gasteiger charge is 2.03. The highest BCUT2D eigenvalue weighted by Crippen LogP contribution is 2.24. The standard InChI is InChI=1S/C12H13N3O/c1-8-3-4-10(9(2)5-8)16-12-6-11(13)14-7-15-12/h3-7H,1-2H3,(H2,13,14,15). The molecule has 2 rings (SSSR count). The maximum atomic E-state index is 5.61. The average molecular weight is 215 g/mol. The third kappa shape index (κ3) is 2.28. The molecule has 0 unspecified atom stereocenters. The number of hydrogen-bond acceptors (Lipinski definition) is 4. The first kappa shape index (κ1) is 10.4. The highest BCUT2D eigenvalue weighted by molar-refractivity contribution is 5.39. The van der Waals surface area contributed by atoms with Gasteiger partial charge in [0.05, 0.1) is 0 Å². The summed E-state index contributed by atoms with van der Waals surface area (Å²) in [4.78, 5) is 7.79. The predicted octanol–water partition coefficient (Wildman–Crippen LogP) is 2.47. The summed E-state index contributed by atoms with van der Waals surface area (Å²) < 4.78 is 5.61. The van der Waals surface area contributed by atoms with E-state index in [1.165, 1.54) is 11.9 Å². The molecule has 0 aliphatic carbocycles. The van der Waals surface area contributed by atoms with Gasteiger partial charge in [-0.1, -0.05) is 17.7 Å². The maximum absolute atomic E-state index is 5.61. The van der Waals surface area contributed by atoms with Crippen LogP contribution in [0.4, 0.5) is 5.82 Å². The first-order chi connectivity index (χ1) is 7.65. The molecule has 82 valence electrons. The summed E-state index contributed by atoms with van der Waals surface area (Å²) in [5.74, 6) is 1.64. The number of hydrogen-bond donors (Lipinski definition) is 1. The quantitative estimate of drug-likeness (QED) is 0.835. The number of rotatable bonds is 2. The topological polar surface area (TPSA) is 61.0 Å². The number of ether oxygens (including phenoxy) is 1. The molecule has 0 saturated carbocycles. The van der Waals surface area contributed by atoms with Crippen molar-refractivity contribution in [2.75, 3.05) is 5.73 Å². The van der Waals surface area contributed by atoms with Gasteiger partial charge < -0.3 is 10.5 Å². The van der Waals surface area contributed by atoms with Crippen molar-refractivity contribution in [1.29, 1.82) is 0 Å². The zero-order valence-corrected chi connectivity index (χ0v) is 9.27. The second-order valence-electron chi connectivity index (χ2n) is 3.65. The molecule has 1 aromatic carbocycles. The maximum Gasteiger partial charge on any atom is 0.224 e. The van der Waals surface area contributed by atoms with Gasteiger partial charge in [0, 0.05) is 6.07 Å². The Labute approximate surface area is 94.1 Å². The summed E-state index contributed by atoms with van der Waals surface area (Å²) in [6.07, 6.45) is 1.38. The molecule has 0 amide bonds. The lowest BCUT2D eigenvalue weighted by atomic mass is 10.1. The second kappa shape index (κ2) is 4.18. The molecule has 0 fully saturated rings. The Balaban J connectivity index is 2.27. The van der Waals surface area contributed by atoms with Crippen LogP contribution in [0.15, 0.2) is 30.6 Å². The summed E-state index contributed by atoms with van der Waals surface area (Å²) in [5, 5.41) is 0. The Morgan fingerprint density at radius 1 is 1.12 bits per heavy atom. The Hall–Kier alpha value is -2.10. The van der Waals surface area contributed by atoms with Gasteiger partial charge in [-0.2, -0.15) is 0 Å². The van der Waals surface area contributed by atoms with Gasteiger partial charge in [0.2, 0.25) is 5.88 Å². The fraction of sp³-hybridized carbons (Fsp3) is 0.167. The first-order valence-corrected chi connectivity index (χ1v) is 4.98. The summed E-state index contributed by atoms with van der Waals surface area (Å²) in [7, 11) is 0. The molecule has 2 aromatic rings. The molecule has 0 bridgehead atoms. The van der Waals surface area contributed by atoms with E-state index in [2.05, 4.69) is 16.0 Å². The molecular formula is C12H13N3O. The van der Waals surface area contributed by atoms with Crippen molar-refractivity contribution in [3.05, 3.63) is 41.7 Å². The van der Waals surface area contributed by atoms with Crippen LogP contribution < -0.4 is 10.5 Å². The molecule has 4 heteroatoms. The van der Waals surface area contributed by atoms with Gasteiger partial charge in [0.25, 0.3) is 0 Å². The number of nitrogen functional groups attached to an aromatic ring is 1. The molecule has 0 spiro atoms. The molecule has 0 aliphatic heterocycles. The van der Waals surface area contributed by atoms with Crippen LogP contribution in [0.25, 0.3) is 0 Å². The SMILES string of the molecule is Cc1ccc(Oc2cc(N)ncn2)c(C)c1. The van der Waals surface area contributed by atoms with Crippen LogP contribution in [0.3, 0.4) is 0 Å². The summed E-state index contributed by atoms with van der Waals surface area (Å²) in [6, 6.07) is 7.56. The van der Waals surface area contributed by atoms with Gasteiger partial charge >= 0.3 is 0 Å². The van der Waals surface area contributed by atoms with Gasteiger partial charge in [-0.3, -0.25) is 0 Å². The first-order valence-electron chi connectivity index (χ1n) is 4.98. The van der Waals surface area contributed by atoms with E-state index in [9.17, 15) is 0 Å². The fourth-order valence-electron chi connectivity index (χ4n) is 1.44. The smallest absolute Gasteiger partial charge is 0.224 e. The predicted molar refractivity (Wildman–Crippen MR) is 62.4 cm³/mol. The Bertz CT molecular complexity index is 511. The Kier molecular flexibility index (Phi) is 2.72. The van der Waals surface area contributed by atoms with Crippen LogP contribution in [0.1, 0.15) is 11.1 Å². The lowest BCUT2D eigenvalue weighted by molar-refractivity contribution is 0.458. The minimum atomic E-state index is 0.398. The Morgan fingerprint density at radius 3 is 2.62 bits per heavy atom. The van der Waals surface area contributed by atoms with Crippen molar-refractivity contribution >= 4 is 5.82 Å². The van der Waals surface area contributed by atoms with Crippen molar-refractivity contribution in [3.8, 4) is 11.6 Å². The molecule has 16 heavy (non-hydrogen) atoms. The number of aromatic nitrogens is 2. The van der Waals surface area contributed by atoms with Crippen LogP contribution in [0.5, 0.6) is 11.6 Å². The van der Waals surface area contributed by atoms with E-state index in [1.54, 1.807) is 6.07 Å². The van der Waals surface area contributed by atoms with E-state index in [1.807, 2.05) is 26.0 Å². The van der Waals surface area contributed by atoms with E-state index < -0.39 is 0 Å². The summed E-state index contributed by atoms with van der Waals surface area (Å²) in [6.45, 7) is 4.03. The largest absolute Gasteiger partial charge is 0.439 e. The lowest BCUT2D eigenvalue weighted by Crippen LogP contribution is -1.95. The van der Waals surface area contributed by atoms with E-state index in [4.69, 9.17) is 10.5 Å². The third-order valence-electron chi connectivity index (χ3n) is 2.21. The van der Waals surface area contributed by atoms with Crippen molar-refractivity contribution in [3.63, 3.8) is 0 Å². The third-order valence-corrected chi connectivity index (χ3v) is 2.21. The molecule has 0 aliphatic rings. The van der Waals surface area contributed by atoms with Gasteiger partial charge in [-0.25, -0.2) is 9.97 Å². The minimum Gasteiger partial charge on any atom is -0.439 e. The summed E-state index contributed by atoms with van der Waals surface area (Å²) in [5.41, 5.74) is 7.81. The van der Waals surface area contributed by atoms with Crippen LogP contribution >= 0.6 is 0 Å². The highest BCUT2D eigenvalue weighted by atomic mass is 16.5. The van der Waals surface area contributed by atoms with Crippen LogP contribution in [-0.2, 0) is 0 Å². The average Bonchev–Trinajstić information content (AvgIpc) is 2.22. The van der Waals surface area contributed by atoms with Crippen molar-refractivity contribution in [2.24, 2.45) is 0 Å². The number of nitrogens with zero attached hydrogens (tertiary/aromatic N) is 2. The van der Waals surface area contributed by atoms with Gasteiger partial charge in [0.15, 0.2) is 0 Å². The monoisotopic (exact) mass is 215 g/mol. The van der Waals surface area contributed by atoms with Crippen LogP contribution in [0.2, 0.25) is 0 Å². The number of anilines is 1. The van der Waals surface area contributed by atoms with Crippen molar-refractivity contribution in [2.45, 2.75) is 13.8 Å². The van der Waals surface area contributed by atoms with Gasteiger partial charge in [0.1, 0.15) is 17.9 Å². The number of benzene rings is 1. The number of aryl methyl sites for hydroxylation is 2. The second-order valence-corrected chi connectivity index (χ2v) is 3.65. The molecule has 1 aromatic heterocycles. The molecule has 2 N–H and O–H groups in total. The van der Waals surface area contributed by atoms with Crippen molar-refractivity contribution < 1.29 is 4.74 Å². The zero-order valence-electron chi connectivity index (χ0n) is 9.27. The van der Waals surface area contributed by atoms with Gasteiger partial charge in [-0.15, -0.1) is 0 Å². The molecule has 1 heterocycles. The fourth-order valence-corrected chi connectivity index (χ4v) is 1.44. The molecule has 0 radical (unpaired) electrons. The Morgan fingerprint density at radius 2 is 1.94 bits per heavy atom. The minimum absolute atomic E-state index is 0.398. The normalized spacial score (nSPS) is 10.1. The van der Waals surface area contributed by atoms with E-state index in [0.717, 1.165) is 11.3 Å². The van der Waals surface area contributed by atoms with E-state index in [-0.39, 0.29) is 0 Å².